The lowest BCUT2D eigenvalue weighted by atomic mass is 10.9. The monoisotopic (exact) mass is 286 g/mol. The Kier molecular flexibility index (Phi) is 6.00. The minimum atomic E-state index is 0. The molecule has 6 nitrogen and oxygen atoms in total. The Morgan fingerprint density at radius 2 is 0.818 bits per heavy atom. The molecule has 0 saturated heterocycles. The summed E-state index contributed by atoms with van der Waals surface area (Å²) in [6.07, 6.45) is 0. The highest BCUT2D eigenvalue weighted by molar-refractivity contribution is 8.93. The van der Waals surface area contributed by atoms with Gasteiger partial charge in [0.25, 0.3) is 0 Å². The Morgan fingerprint density at radius 1 is 0.636 bits per heavy atom. The van der Waals surface area contributed by atoms with Crippen LogP contribution in [-0.2, 0) is 0 Å². The quantitative estimate of drug-likeness (QED) is 0.607. The number of nitrogens with zero attached hydrogens (tertiary/aromatic N) is 3. The first-order valence-electron chi connectivity index (χ1n) is 2.21. The first kappa shape index (κ1) is 13.0. The van der Waals surface area contributed by atoms with Gasteiger partial charge in [0.1, 0.15) is 0 Å². The molecule has 1 heterocycles. The Morgan fingerprint density at radius 3 is 1.00 bits per heavy atom. The second-order valence-corrected chi connectivity index (χ2v) is 1.41. The van der Waals surface area contributed by atoms with Crippen molar-refractivity contribution in [2.75, 3.05) is 17.2 Å². The molecule has 0 unspecified atom stereocenters. The molecule has 0 aliphatic heterocycles. The van der Waals surface area contributed by atoms with Crippen molar-refractivity contribution in [1.82, 2.24) is 15.0 Å². The number of anilines is 3. The first-order valence-corrected chi connectivity index (χ1v) is 2.21. The SMILES string of the molecule is Br.Br.Nc1nc(N)nc(N)n1. The van der Waals surface area contributed by atoms with Gasteiger partial charge in [0.15, 0.2) is 0 Å². The van der Waals surface area contributed by atoms with Crippen LogP contribution >= 0.6 is 34.0 Å². The normalized spacial score (nSPS) is 7.64. The molecule has 64 valence electrons. The Hall–Kier alpha value is -0.630. The number of nitrogen functional groups attached to an aromatic ring is 3. The summed E-state index contributed by atoms with van der Waals surface area (Å²) in [5.74, 6) is 0.125. The molecule has 11 heavy (non-hydrogen) atoms. The van der Waals surface area contributed by atoms with Crippen molar-refractivity contribution in [3.8, 4) is 0 Å². The molecule has 1 aromatic heterocycles. The van der Waals surface area contributed by atoms with Crippen LogP contribution in [-0.4, -0.2) is 15.0 Å². The van der Waals surface area contributed by atoms with Gasteiger partial charge >= 0.3 is 0 Å². The minimum absolute atomic E-state index is 0. The van der Waals surface area contributed by atoms with Gasteiger partial charge < -0.3 is 17.2 Å². The highest BCUT2D eigenvalue weighted by Crippen LogP contribution is 1.97. The zero-order valence-corrected chi connectivity index (χ0v) is 8.82. The van der Waals surface area contributed by atoms with Crippen molar-refractivity contribution in [3.05, 3.63) is 0 Å². The number of halogens is 2. The lowest BCUT2D eigenvalue weighted by Crippen LogP contribution is -2.05. The maximum absolute atomic E-state index is 5.14. The third-order valence-corrected chi connectivity index (χ3v) is 0.687. The lowest BCUT2D eigenvalue weighted by Gasteiger charge is -1.93. The van der Waals surface area contributed by atoms with E-state index in [-0.39, 0.29) is 51.8 Å². The molecule has 0 aliphatic rings. The van der Waals surface area contributed by atoms with Gasteiger partial charge in [0, 0.05) is 0 Å². The Bertz CT molecular complexity index is 177. The summed E-state index contributed by atoms with van der Waals surface area (Å²) in [4.78, 5) is 10.5. The number of rotatable bonds is 0. The molecule has 0 fully saturated rings. The zero-order valence-electron chi connectivity index (χ0n) is 5.39. The predicted molar refractivity (Wildman–Crippen MR) is 53.7 cm³/mol. The molecule has 0 atom stereocenters. The fourth-order valence-electron chi connectivity index (χ4n) is 0.427. The molecule has 0 spiro atoms. The van der Waals surface area contributed by atoms with E-state index in [4.69, 9.17) is 17.2 Å². The van der Waals surface area contributed by atoms with E-state index >= 15 is 0 Å². The molecule has 0 amide bonds. The molecular formula is C3H8Br2N6. The van der Waals surface area contributed by atoms with Crippen molar-refractivity contribution >= 4 is 51.8 Å². The van der Waals surface area contributed by atoms with Crippen LogP contribution in [0.1, 0.15) is 0 Å². The van der Waals surface area contributed by atoms with Gasteiger partial charge in [-0.1, -0.05) is 0 Å². The Labute approximate surface area is 84.1 Å². The maximum Gasteiger partial charge on any atom is 0.226 e. The summed E-state index contributed by atoms with van der Waals surface area (Å²) in [5, 5.41) is 0. The summed E-state index contributed by atoms with van der Waals surface area (Å²) >= 11 is 0. The van der Waals surface area contributed by atoms with Gasteiger partial charge in [0.2, 0.25) is 17.8 Å². The van der Waals surface area contributed by atoms with Crippen LogP contribution in [0.4, 0.5) is 17.8 Å². The van der Waals surface area contributed by atoms with Crippen molar-refractivity contribution < 1.29 is 0 Å². The van der Waals surface area contributed by atoms with Crippen LogP contribution in [0.2, 0.25) is 0 Å². The fourth-order valence-corrected chi connectivity index (χ4v) is 0.427. The largest absolute Gasteiger partial charge is 0.368 e. The highest BCUT2D eigenvalue weighted by atomic mass is 79.9. The van der Waals surface area contributed by atoms with Crippen LogP contribution in [0.15, 0.2) is 0 Å². The van der Waals surface area contributed by atoms with Crippen molar-refractivity contribution in [3.63, 3.8) is 0 Å². The number of hydrogen-bond donors (Lipinski definition) is 3. The van der Waals surface area contributed by atoms with E-state index in [2.05, 4.69) is 15.0 Å². The van der Waals surface area contributed by atoms with Crippen molar-refractivity contribution in [2.24, 2.45) is 0 Å². The maximum atomic E-state index is 5.14. The molecule has 0 saturated carbocycles. The smallest absolute Gasteiger partial charge is 0.226 e. The third kappa shape index (κ3) is 3.94. The van der Waals surface area contributed by atoms with E-state index in [1.54, 1.807) is 0 Å². The van der Waals surface area contributed by atoms with Gasteiger partial charge in [-0.3, -0.25) is 0 Å². The molecule has 6 N–H and O–H groups in total. The van der Waals surface area contributed by atoms with Gasteiger partial charge in [-0.15, -0.1) is 34.0 Å². The van der Waals surface area contributed by atoms with E-state index < -0.39 is 0 Å². The number of nitrogens with two attached hydrogens (primary N) is 3. The molecule has 0 radical (unpaired) electrons. The Balaban J connectivity index is 0. The summed E-state index contributed by atoms with van der Waals surface area (Å²) < 4.78 is 0. The topological polar surface area (TPSA) is 117 Å². The van der Waals surface area contributed by atoms with Crippen molar-refractivity contribution in [2.45, 2.75) is 0 Å². The van der Waals surface area contributed by atoms with E-state index in [1.165, 1.54) is 0 Å². The zero-order chi connectivity index (χ0) is 6.85. The molecular weight excluding hydrogens is 280 g/mol. The summed E-state index contributed by atoms with van der Waals surface area (Å²) in [6, 6.07) is 0. The van der Waals surface area contributed by atoms with Gasteiger partial charge in [0.05, 0.1) is 0 Å². The lowest BCUT2D eigenvalue weighted by molar-refractivity contribution is 1.09. The van der Waals surface area contributed by atoms with E-state index in [0.29, 0.717) is 0 Å². The third-order valence-electron chi connectivity index (χ3n) is 0.687. The van der Waals surface area contributed by atoms with Crippen LogP contribution in [0.25, 0.3) is 0 Å². The molecule has 1 aromatic rings. The standard InChI is InChI=1S/C3H6N6.2BrH/c4-1-7-2(5)9-3(6)8-1;;/h(H6,4,5,6,7,8,9);2*1H. The van der Waals surface area contributed by atoms with Crippen LogP contribution in [0.5, 0.6) is 0 Å². The average molecular weight is 288 g/mol. The van der Waals surface area contributed by atoms with E-state index in [1.807, 2.05) is 0 Å². The van der Waals surface area contributed by atoms with E-state index in [9.17, 15) is 0 Å². The number of hydrogen-bond acceptors (Lipinski definition) is 6. The molecule has 0 aromatic carbocycles. The number of aromatic nitrogens is 3. The molecule has 0 bridgehead atoms. The summed E-state index contributed by atoms with van der Waals surface area (Å²) in [5.41, 5.74) is 15.4. The van der Waals surface area contributed by atoms with Gasteiger partial charge in [-0.05, 0) is 0 Å². The highest BCUT2D eigenvalue weighted by Gasteiger charge is 1.93. The predicted octanol–water partition coefficient (Wildman–Crippen LogP) is -0.226. The molecule has 0 aliphatic carbocycles. The van der Waals surface area contributed by atoms with Gasteiger partial charge in [-0.25, -0.2) is 0 Å². The average Bonchev–Trinajstić information content (AvgIpc) is 1.59. The van der Waals surface area contributed by atoms with Crippen LogP contribution in [0.3, 0.4) is 0 Å². The molecule has 1 rings (SSSR count). The second kappa shape index (κ2) is 5.08. The second-order valence-electron chi connectivity index (χ2n) is 1.41. The van der Waals surface area contributed by atoms with Gasteiger partial charge in [-0.2, -0.15) is 15.0 Å². The molecule has 8 heteroatoms. The van der Waals surface area contributed by atoms with Crippen LogP contribution in [0, 0.1) is 0 Å². The minimum Gasteiger partial charge on any atom is -0.368 e. The van der Waals surface area contributed by atoms with E-state index in [0.717, 1.165) is 0 Å². The van der Waals surface area contributed by atoms with Crippen LogP contribution < -0.4 is 17.2 Å². The van der Waals surface area contributed by atoms with Crippen molar-refractivity contribution in [1.29, 1.82) is 0 Å². The summed E-state index contributed by atoms with van der Waals surface area (Å²) in [6.45, 7) is 0. The summed E-state index contributed by atoms with van der Waals surface area (Å²) in [7, 11) is 0. The fraction of sp³-hybridized carbons (Fsp3) is 0. The first-order chi connectivity index (χ1) is 4.18.